The molecule has 0 unspecified atom stereocenters. The van der Waals surface area contributed by atoms with Gasteiger partial charge in [0.05, 0.1) is 11.3 Å². The number of nitrogens with zero attached hydrogens (tertiary/aromatic N) is 2. The molecule has 1 fully saturated rings. The van der Waals surface area contributed by atoms with E-state index >= 15 is 0 Å². The van der Waals surface area contributed by atoms with Crippen LogP contribution in [-0.2, 0) is 4.65 Å². The van der Waals surface area contributed by atoms with Crippen LogP contribution < -0.4 is 10.5 Å². The number of furan rings is 1. The number of fused-ring (bicyclic) bond motifs is 1. The first-order valence-electron chi connectivity index (χ1n) is 14.1. The van der Waals surface area contributed by atoms with E-state index in [-0.39, 0.29) is 17.9 Å². The van der Waals surface area contributed by atoms with Gasteiger partial charge in [-0.05, 0) is 80.3 Å². The van der Waals surface area contributed by atoms with Gasteiger partial charge in [-0.15, -0.1) is 0 Å². The molecule has 1 aliphatic rings. The molecule has 3 aromatic rings. The number of hydrazine groups is 1. The molecule has 2 heterocycles. The number of benzene rings is 2. The van der Waals surface area contributed by atoms with E-state index < -0.39 is 0 Å². The number of allylic oxidation sites excluding steroid dienone is 8. The summed E-state index contributed by atoms with van der Waals surface area (Å²) in [5.74, 6) is 0.808. The molecule has 0 amide bonds. The second-order valence-electron chi connectivity index (χ2n) is 11.7. The first-order valence-corrected chi connectivity index (χ1v) is 14.1. The van der Waals surface area contributed by atoms with Gasteiger partial charge in [-0.2, -0.15) is 0 Å². The zero-order valence-electron chi connectivity index (χ0n) is 25.1. The third-order valence-electron chi connectivity index (χ3n) is 8.12. The molecule has 0 atom stereocenters. The van der Waals surface area contributed by atoms with Crippen LogP contribution >= 0.6 is 0 Å². The van der Waals surface area contributed by atoms with Gasteiger partial charge in [-0.25, -0.2) is 5.01 Å². The van der Waals surface area contributed by atoms with E-state index in [9.17, 15) is 0 Å². The number of hydrogen-bond acceptors (Lipinski definition) is 4. The highest BCUT2D eigenvalue weighted by molar-refractivity contribution is 6.68. The number of rotatable bonds is 10. The SMILES string of the molecule is C=C/C=C\C(=C/C)C/C=C/C=C\c1oc2ccccc2c1N(c1cccc(B2CC(C)(C)C(C)(C)O2)c1)N(C)C. The van der Waals surface area contributed by atoms with Crippen LogP contribution in [0.15, 0.2) is 108 Å². The maximum absolute atomic E-state index is 6.57. The van der Waals surface area contributed by atoms with Crippen LogP contribution in [0.1, 0.15) is 46.8 Å². The number of para-hydroxylation sites is 1. The van der Waals surface area contributed by atoms with Crippen LogP contribution in [0.2, 0.25) is 6.32 Å². The van der Waals surface area contributed by atoms with Crippen molar-refractivity contribution in [1.82, 2.24) is 5.01 Å². The maximum Gasteiger partial charge on any atom is 0.328 e. The standard InChI is InChI=1S/C35H43BN2O2/c1-9-11-18-27(10-2)19-13-12-14-24-32-33(30-22-15-16-23-31(30)39-32)38(37(7)8)29-21-17-20-28(25-29)36-26-34(3,4)35(5,6)40-36/h9-18,20-25H,1,19,26H2,2-8H3/b13-12+,18-11-,24-14-,27-10+. The summed E-state index contributed by atoms with van der Waals surface area (Å²) in [7, 11) is 4.13. The summed E-state index contributed by atoms with van der Waals surface area (Å²) in [6.07, 6.45) is 18.1. The van der Waals surface area contributed by atoms with E-state index in [4.69, 9.17) is 9.07 Å². The normalized spacial score (nSPS) is 17.3. The molecular weight excluding hydrogens is 491 g/mol. The van der Waals surface area contributed by atoms with Crippen LogP contribution in [0.4, 0.5) is 11.4 Å². The average molecular weight is 535 g/mol. The van der Waals surface area contributed by atoms with E-state index in [0.29, 0.717) is 0 Å². The molecule has 0 saturated carbocycles. The second-order valence-corrected chi connectivity index (χ2v) is 11.7. The zero-order chi connectivity index (χ0) is 28.9. The van der Waals surface area contributed by atoms with E-state index in [1.165, 1.54) is 11.0 Å². The number of hydrogen-bond donors (Lipinski definition) is 0. The van der Waals surface area contributed by atoms with Gasteiger partial charge in [0.1, 0.15) is 11.3 Å². The van der Waals surface area contributed by atoms with Crippen molar-refractivity contribution in [3.05, 3.63) is 109 Å². The van der Waals surface area contributed by atoms with Crippen molar-refractivity contribution in [1.29, 1.82) is 0 Å². The molecule has 0 aliphatic carbocycles. The molecular formula is C35H43BN2O2. The highest BCUT2D eigenvalue weighted by atomic mass is 16.5. The van der Waals surface area contributed by atoms with Crippen molar-refractivity contribution in [3.8, 4) is 0 Å². The van der Waals surface area contributed by atoms with Crippen LogP contribution in [-0.4, -0.2) is 31.6 Å². The molecule has 40 heavy (non-hydrogen) atoms. The molecule has 1 aromatic heterocycles. The Balaban J connectivity index is 1.69. The Kier molecular flexibility index (Phi) is 9.07. The Morgan fingerprint density at radius 1 is 1.02 bits per heavy atom. The van der Waals surface area contributed by atoms with Gasteiger partial charge in [0.25, 0.3) is 0 Å². The Labute approximate surface area is 241 Å². The highest BCUT2D eigenvalue weighted by Crippen LogP contribution is 2.45. The fourth-order valence-corrected chi connectivity index (χ4v) is 5.15. The van der Waals surface area contributed by atoms with Gasteiger partial charge >= 0.3 is 6.92 Å². The van der Waals surface area contributed by atoms with E-state index in [1.54, 1.807) is 6.08 Å². The topological polar surface area (TPSA) is 28.9 Å². The summed E-state index contributed by atoms with van der Waals surface area (Å²) >= 11 is 0. The Morgan fingerprint density at radius 2 is 1.80 bits per heavy atom. The van der Waals surface area contributed by atoms with Crippen molar-refractivity contribution in [2.24, 2.45) is 5.41 Å². The van der Waals surface area contributed by atoms with Gasteiger partial charge in [-0.3, -0.25) is 5.01 Å². The first kappa shape index (κ1) is 29.4. The first-order chi connectivity index (χ1) is 19.1. The Morgan fingerprint density at radius 3 is 2.48 bits per heavy atom. The Bertz CT molecular complexity index is 1440. The smallest absolute Gasteiger partial charge is 0.328 e. The molecule has 208 valence electrons. The number of anilines is 2. The van der Waals surface area contributed by atoms with Gasteiger partial charge in [-0.1, -0.05) is 87.2 Å². The zero-order valence-corrected chi connectivity index (χ0v) is 25.1. The third kappa shape index (κ3) is 6.27. The van der Waals surface area contributed by atoms with Crippen molar-refractivity contribution in [3.63, 3.8) is 0 Å². The minimum Gasteiger partial charge on any atom is -0.454 e. The van der Waals surface area contributed by atoms with E-state index in [1.807, 2.05) is 30.4 Å². The summed E-state index contributed by atoms with van der Waals surface area (Å²) in [4.78, 5) is 0. The minimum atomic E-state index is -0.184. The predicted molar refractivity (Wildman–Crippen MR) is 174 cm³/mol. The van der Waals surface area contributed by atoms with Crippen molar-refractivity contribution in [2.45, 2.75) is 53.0 Å². The van der Waals surface area contributed by atoms with Gasteiger partial charge in [0.2, 0.25) is 0 Å². The van der Waals surface area contributed by atoms with Crippen LogP contribution in [0.5, 0.6) is 0 Å². The molecule has 2 aromatic carbocycles. The fraction of sp³-hybridized carbons (Fsp3) is 0.314. The lowest BCUT2D eigenvalue weighted by Crippen LogP contribution is -2.37. The molecule has 1 aliphatic heterocycles. The summed E-state index contributed by atoms with van der Waals surface area (Å²) in [5, 5.41) is 5.40. The minimum absolute atomic E-state index is 0.0583. The Hall–Kier alpha value is -3.54. The van der Waals surface area contributed by atoms with Crippen LogP contribution in [0.25, 0.3) is 17.0 Å². The lowest BCUT2D eigenvalue weighted by molar-refractivity contribution is 0.0375. The van der Waals surface area contributed by atoms with Crippen LogP contribution in [0.3, 0.4) is 0 Å². The van der Waals surface area contributed by atoms with E-state index in [0.717, 1.165) is 40.8 Å². The lowest BCUT2D eigenvalue weighted by Gasteiger charge is -2.34. The molecule has 0 N–H and O–H groups in total. The van der Waals surface area contributed by atoms with E-state index in [2.05, 4.69) is 126 Å². The summed E-state index contributed by atoms with van der Waals surface area (Å²) in [6, 6.07) is 16.9. The second kappa shape index (κ2) is 12.3. The molecule has 1 saturated heterocycles. The molecule has 4 nitrogen and oxygen atoms in total. The monoisotopic (exact) mass is 534 g/mol. The van der Waals surface area contributed by atoms with Gasteiger partial charge in [0.15, 0.2) is 5.76 Å². The summed E-state index contributed by atoms with van der Waals surface area (Å²) < 4.78 is 13.0. The average Bonchev–Trinajstić information content (AvgIpc) is 3.38. The molecule has 0 radical (unpaired) electrons. The van der Waals surface area contributed by atoms with Crippen molar-refractivity contribution >= 4 is 40.8 Å². The van der Waals surface area contributed by atoms with Gasteiger partial charge < -0.3 is 9.07 Å². The van der Waals surface area contributed by atoms with Crippen molar-refractivity contribution < 1.29 is 9.07 Å². The van der Waals surface area contributed by atoms with Crippen LogP contribution in [0, 0.1) is 5.41 Å². The largest absolute Gasteiger partial charge is 0.454 e. The molecule has 4 rings (SSSR count). The predicted octanol–water partition coefficient (Wildman–Crippen LogP) is 8.73. The van der Waals surface area contributed by atoms with Gasteiger partial charge in [0, 0.05) is 19.5 Å². The molecule has 0 bridgehead atoms. The third-order valence-corrected chi connectivity index (χ3v) is 8.12. The highest BCUT2D eigenvalue weighted by Gasteiger charge is 2.49. The quantitative estimate of drug-likeness (QED) is 0.148. The fourth-order valence-electron chi connectivity index (χ4n) is 5.15. The molecule has 0 spiro atoms. The maximum atomic E-state index is 6.57. The summed E-state index contributed by atoms with van der Waals surface area (Å²) in [6.45, 7) is 14.9. The molecule has 5 heteroatoms. The summed E-state index contributed by atoms with van der Waals surface area (Å²) in [5.41, 5.74) is 5.29. The lowest BCUT2D eigenvalue weighted by atomic mass is 9.54. The van der Waals surface area contributed by atoms with Crippen molar-refractivity contribution in [2.75, 3.05) is 19.1 Å².